The van der Waals surface area contributed by atoms with E-state index in [2.05, 4.69) is 11.4 Å². The largest absolute Gasteiger partial charge is 0.307 e. The summed E-state index contributed by atoms with van der Waals surface area (Å²) >= 11 is 3.71. The molecule has 2 aliphatic rings. The fraction of sp³-hybridized carbons (Fsp3) is 0.571. The van der Waals surface area contributed by atoms with Crippen LogP contribution in [0, 0.1) is 5.82 Å². The summed E-state index contributed by atoms with van der Waals surface area (Å²) in [7, 11) is 0. The Morgan fingerprint density at radius 1 is 1.11 bits per heavy atom. The first-order valence-corrected chi connectivity index (χ1v) is 8.73. The summed E-state index contributed by atoms with van der Waals surface area (Å²) < 4.78 is 13.8. The van der Waals surface area contributed by atoms with Gasteiger partial charge in [-0.05, 0) is 48.2 Å². The minimum absolute atomic E-state index is 0.0526. The van der Waals surface area contributed by atoms with Crippen molar-refractivity contribution in [3.05, 3.63) is 29.6 Å². The zero-order valence-corrected chi connectivity index (χ0v) is 12.0. The van der Waals surface area contributed by atoms with Crippen molar-refractivity contribution in [3.8, 4) is 0 Å². The van der Waals surface area contributed by atoms with Gasteiger partial charge in [0.1, 0.15) is 5.82 Å². The van der Waals surface area contributed by atoms with E-state index in [1.165, 1.54) is 29.9 Å². The Balaban J connectivity index is 1.76. The van der Waals surface area contributed by atoms with Crippen molar-refractivity contribution < 1.29 is 4.39 Å². The smallest absolute Gasteiger partial charge is 0.137 e. The zero-order chi connectivity index (χ0) is 12.4. The van der Waals surface area contributed by atoms with Crippen molar-refractivity contribution in [1.82, 2.24) is 5.32 Å². The Kier molecular flexibility index (Phi) is 4.16. The van der Waals surface area contributed by atoms with Crippen molar-refractivity contribution in [2.75, 3.05) is 17.3 Å². The third kappa shape index (κ3) is 2.70. The van der Waals surface area contributed by atoms with Gasteiger partial charge in [-0.15, -0.1) is 11.8 Å². The number of fused-ring (bicyclic) bond motifs is 1. The summed E-state index contributed by atoms with van der Waals surface area (Å²) in [4.78, 5) is 0.867. The van der Waals surface area contributed by atoms with E-state index < -0.39 is 0 Å². The minimum Gasteiger partial charge on any atom is -0.307 e. The van der Waals surface area contributed by atoms with E-state index in [-0.39, 0.29) is 5.82 Å². The molecule has 18 heavy (non-hydrogen) atoms. The Morgan fingerprint density at radius 3 is 2.78 bits per heavy atom. The van der Waals surface area contributed by atoms with Crippen molar-refractivity contribution in [2.24, 2.45) is 0 Å². The van der Waals surface area contributed by atoms with Crippen molar-refractivity contribution >= 4 is 23.5 Å². The first kappa shape index (κ1) is 12.8. The normalized spacial score (nSPS) is 24.8. The lowest BCUT2D eigenvalue weighted by Gasteiger charge is -2.32. The second kappa shape index (κ2) is 5.85. The topological polar surface area (TPSA) is 12.0 Å². The summed E-state index contributed by atoms with van der Waals surface area (Å²) in [6.45, 7) is 0. The summed E-state index contributed by atoms with van der Waals surface area (Å²) in [5.41, 5.74) is 1.17. The number of nitrogens with one attached hydrogen (secondary N) is 1. The molecule has 1 aromatic rings. The van der Waals surface area contributed by atoms with Gasteiger partial charge in [-0.1, -0.05) is 12.1 Å². The molecule has 2 aliphatic heterocycles. The first-order valence-electron chi connectivity index (χ1n) is 6.59. The van der Waals surface area contributed by atoms with Gasteiger partial charge in [0.05, 0.1) is 0 Å². The molecule has 1 fully saturated rings. The van der Waals surface area contributed by atoms with Gasteiger partial charge in [0, 0.05) is 17.0 Å². The van der Waals surface area contributed by atoms with Crippen molar-refractivity contribution in [1.29, 1.82) is 0 Å². The van der Waals surface area contributed by atoms with E-state index in [4.69, 9.17) is 0 Å². The quantitative estimate of drug-likeness (QED) is 0.885. The molecule has 2 heterocycles. The predicted molar refractivity (Wildman–Crippen MR) is 78.0 cm³/mol. The first-order chi connectivity index (χ1) is 8.84. The molecule has 98 valence electrons. The highest BCUT2D eigenvalue weighted by Crippen LogP contribution is 2.38. The number of halogens is 1. The molecule has 0 aliphatic carbocycles. The van der Waals surface area contributed by atoms with Crippen LogP contribution in [0.4, 0.5) is 4.39 Å². The maximum Gasteiger partial charge on any atom is 0.137 e. The van der Waals surface area contributed by atoms with Crippen LogP contribution in [0.3, 0.4) is 0 Å². The average Bonchev–Trinajstić information content (AvgIpc) is 2.41. The molecule has 3 rings (SSSR count). The van der Waals surface area contributed by atoms with Gasteiger partial charge in [0.2, 0.25) is 0 Å². The fourth-order valence-electron chi connectivity index (χ4n) is 2.71. The molecular weight excluding hydrogens is 265 g/mol. The number of benzene rings is 1. The van der Waals surface area contributed by atoms with Crippen LogP contribution in [0.2, 0.25) is 0 Å². The van der Waals surface area contributed by atoms with E-state index in [0.29, 0.717) is 12.1 Å². The monoisotopic (exact) mass is 283 g/mol. The standard InChI is InChI=1S/C14H18FNS2/c15-12-3-1-2-11-13(6-9-18-14(11)12)16-10-4-7-17-8-5-10/h1-3,10,13,16H,4-9H2. The van der Waals surface area contributed by atoms with E-state index in [9.17, 15) is 4.39 Å². The highest BCUT2D eigenvalue weighted by atomic mass is 32.2. The van der Waals surface area contributed by atoms with Gasteiger partial charge >= 0.3 is 0 Å². The van der Waals surface area contributed by atoms with E-state index in [0.717, 1.165) is 17.1 Å². The van der Waals surface area contributed by atoms with Gasteiger partial charge in [-0.2, -0.15) is 11.8 Å². The molecule has 4 heteroatoms. The molecule has 0 radical (unpaired) electrons. The Labute approximate surface area is 116 Å². The van der Waals surface area contributed by atoms with E-state index in [1.54, 1.807) is 17.8 Å². The zero-order valence-electron chi connectivity index (χ0n) is 10.3. The molecule has 1 atom stereocenters. The van der Waals surface area contributed by atoms with Crippen LogP contribution in [0.15, 0.2) is 23.1 Å². The molecule has 1 N–H and O–H groups in total. The van der Waals surface area contributed by atoms with Gasteiger partial charge < -0.3 is 5.32 Å². The van der Waals surface area contributed by atoms with Gasteiger partial charge in [-0.25, -0.2) is 4.39 Å². The van der Waals surface area contributed by atoms with Crippen LogP contribution in [0.5, 0.6) is 0 Å². The number of hydrogen-bond donors (Lipinski definition) is 1. The second-order valence-electron chi connectivity index (χ2n) is 4.90. The van der Waals surface area contributed by atoms with Crippen LogP contribution in [0.25, 0.3) is 0 Å². The highest BCUT2D eigenvalue weighted by Gasteiger charge is 2.25. The summed E-state index contributed by atoms with van der Waals surface area (Å²) in [6.07, 6.45) is 3.61. The minimum atomic E-state index is -0.0526. The number of hydrogen-bond acceptors (Lipinski definition) is 3. The second-order valence-corrected chi connectivity index (χ2v) is 7.23. The molecule has 1 unspecified atom stereocenters. The summed E-state index contributed by atoms with van der Waals surface area (Å²) in [6, 6.07) is 6.47. The Hall–Kier alpha value is -0.190. The molecular formula is C14H18FNS2. The summed E-state index contributed by atoms with van der Waals surface area (Å²) in [5, 5.41) is 3.75. The molecule has 0 aromatic heterocycles. The molecule has 1 aromatic carbocycles. The van der Waals surface area contributed by atoms with Crippen LogP contribution in [-0.4, -0.2) is 23.3 Å². The van der Waals surface area contributed by atoms with Crippen LogP contribution < -0.4 is 5.32 Å². The lowest BCUT2D eigenvalue weighted by atomic mass is 10.0. The third-order valence-corrected chi connectivity index (χ3v) is 5.89. The number of rotatable bonds is 2. The lowest BCUT2D eigenvalue weighted by molar-refractivity contribution is 0.398. The van der Waals surface area contributed by atoms with Crippen LogP contribution >= 0.6 is 23.5 Å². The van der Waals surface area contributed by atoms with Crippen molar-refractivity contribution in [2.45, 2.75) is 36.2 Å². The molecule has 0 bridgehead atoms. The van der Waals surface area contributed by atoms with Crippen LogP contribution in [0.1, 0.15) is 30.9 Å². The molecule has 0 spiro atoms. The lowest BCUT2D eigenvalue weighted by Crippen LogP contribution is -2.37. The number of thioether (sulfide) groups is 2. The van der Waals surface area contributed by atoms with Gasteiger partial charge in [0.25, 0.3) is 0 Å². The maximum absolute atomic E-state index is 13.8. The molecule has 1 saturated heterocycles. The van der Waals surface area contributed by atoms with Gasteiger partial charge in [0.15, 0.2) is 0 Å². The Morgan fingerprint density at radius 2 is 1.94 bits per heavy atom. The highest BCUT2D eigenvalue weighted by molar-refractivity contribution is 7.99. The van der Waals surface area contributed by atoms with E-state index in [1.807, 2.05) is 17.8 Å². The summed E-state index contributed by atoms with van der Waals surface area (Å²) in [5.74, 6) is 3.49. The Bertz CT molecular complexity index is 418. The third-order valence-electron chi connectivity index (χ3n) is 3.68. The SMILES string of the molecule is Fc1cccc2c1SCCC2NC1CCSCC1. The van der Waals surface area contributed by atoms with Crippen molar-refractivity contribution in [3.63, 3.8) is 0 Å². The molecule has 1 nitrogen and oxygen atoms in total. The van der Waals surface area contributed by atoms with E-state index >= 15 is 0 Å². The van der Waals surface area contributed by atoms with Gasteiger partial charge in [-0.3, -0.25) is 0 Å². The fourth-order valence-corrected chi connectivity index (χ4v) is 4.96. The molecule has 0 saturated carbocycles. The maximum atomic E-state index is 13.8. The van der Waals surface area contributed by atoms with Crippen LogP contribution in [-0.2, 0) is 0 Å². The molecule has 0 amide bonds. The predicted octanol–water partition coefficient (Wildman–Crippen LogP) is 3.85. The average molecular weight is 283 g/mol.